The van der Waals surface area contributed by atoms with Crippen molar-refractivity contribution in [1.82, 2.24) is 4.67 Å². The predicted octanol–water partition coefficient (Wildman–Crippen LogP) is 4.03. The van der Waals surface area contributed by atoms with Crippen molar-refractivity contribution in [3.05, 3.63) is 0 Å². The molecule has 0 aromatic carbocycles. The lowest BCUT2D eigenvalue weighted by Crippen LogP contribution is -2.43. The highest BCUT2D eigenvalue weighted by Gasteiger charge is 2.59. The standard InChI is InChI=1S/C7H11F7NOP/c1-3-15(4-2)17(14)16-5(6(8,9)10)7(11,12)13/h5H,3-4H2,1-2H3. The molecule has 0 aromatic rings. The Kier molecular flexibility index (Phi) is 6.10. The third-order valence-electron chi connectivity index (χ3n) is 1.74. The Morgan fingerprint density at radius 1 is 1.00 bits per heavy atom. The Morgan fingerprint density at radius 2 is 1.35 bits per heavy atom. The predicted molar refractivity (Wildman–Crippen MR) is 47.9 cm³/mol. The van der Waals surface area contributed by atoms with Crippen molar-refractivity contribution in [2.45, 2.75) is 32.3 Å². The summed E-state index contributed by atoms with van der Waals surface area (Å²) in [7, 11) is -3.42. The molecule has 1 unspecified atom stereocenters. The van der Waals surface area contributed by atoms with Crippen molar-refractivity contribution >= 4 is 8.61 Å². The Hall–Kier alpha value is -0.140. The molecule has 0 bridgehead atoms. The molecule has 0 aliphatic heterocycles. The molecule has 104 valence electrons. The Balaban J connectivity index is 4.78. The van der Waals surface area contributed by atoms with Gasteiger partial charge in [-0.05, 0) is 0 Å². The van der Waals surface area contributed by atoms with Crippen LogP contribution in [-0.2, 0) is 4.52 Å². The smallest absolute Gasteiger partial charge is 0.296 e. The van der Waals surface area contributed by atoms with Crippen molar-refractivity contribution in [2.75, 3.05) is 13.1 Å². The SMILES string of the molecule is CCN(CC)P(F)OC(C(F)(F)F)C(F)(F)F. The second-order valence-electron chi connectivity index (χ2n) is 2.93. The molecule has 0 saturated carbocycles. The highest BCUT2D eigenvalue weighted by Crippen LogP contribution is 2.49. The minimum Gasteiger partial charge on any atom is -0.296 e. The maximum Gasteiger partial charge on any atom is 0.424 e. The van der Waals surface area contributed by atoms with Crippen LogP contribution in [0.3, 0.4) is 0 Å². The van der Waals surface area contributed by atoms with E-state index in [2.05, 4.69) is 4.52 Å². The van der Waals surface area contributed by atoms with E-state index in [-0.39, 0.29) is 13.1 Å². The molecule has 0 saturated heterocycles. The van der Waals surface area contributed by atoms with Crippen LogP contribution in [0.2, 0.25) is 0 Å². The molecule has 0 aliphatic rings. The van der Waals surface area contributed by atoms with E-state index in [0.717, 1.165) is 4.67 Å². The quantitative estimate of drug-likeness (QED) is 0.559. The zero-order valence-electron chi connectivity index (χ0n) is 8.94. The topological polar surface area (TPSA) is 12.5 Å². The van der Waals surface area contributed by atoms with Gasteiger partial charge in [0, 0.05) is 13.1 Å². The molecule has 0 fully saturated rings. The average molecular weight is 289 g/mol. The molecule has 0 spiro atoms. The van der Waals surface area contributed by atoms with Crippen molar-refractivity contribution in [1.29, 1.82) is 0 Å². The first-order chi connectivity index (χ1) is 7.54. The number of rotatable bonds is 5. The fourth-order valence-corrected chi connectivity index (χ4v) is 1.90. The van der Waals surface area contributed by atoms with Gasteiger partial charge in [0.25, 0.3) is 6.10 Å². The van der Waals surface area contributed by atoms with Gasteiger partial charge >= 0.3 is 21.0 Å². The van der Waals surface area contributed by atoms with E-state index in [9.17, 15) is 30.5 Å². The van der Waals surface area contributed by atoms with E-state index in [0.29, 0.717) is 0 Å². The van der Waals surface area contributed by atoms with Crippen LogP contribution < -0.4 is 0 Å². The van der Waals surface area contributed by atoms with Crippen LogP contribution in [0, 0.1) is 0 Å². The lowest BCUT2D eigenvalue weighted by molar-refractivity contribution is -0.300. The minimum atomic E-state index is -5.68. The highest BCUT2D eigenvalue weighted by molar-refractivity contribution is 7.44. The number of hydrogen-bond acceptors (Lipinski definition) is 2. The third kappa shape index (κ3) is 5.35. The van der Waals surface area contributed by atoms with E-state index in [1.54, 1.807) is 0 Å². The monoisotopic (exact) mass is 289 g/mol. The first kappa shape index (κ1) is 16.9. The molecular formula is C7H11F7NOP. The molecule has 0 heterocycles. The second-order valence-corrected chi connectivity index (χ2v) is 4.16. The summed E-state index contributed by atoms with van der Waals surface area (Å²) in [6.07, 6.45) is -15.5. The average Bonchev–Trinajstić information content (AvgIpc) is 2.12. The van der Waals surface area contributed by atoms with Crippen LogP contribution in [0.1, 0.15) is 13.8 Å². The summed E-state index contributed by atoms with van der Waals surface area (Å²) in [5.41, 5.74) is 0. The largest absolute Gasteiger partial charge is 0.424 e. The molecule has 0 aromatic heterocycles. The summed E-state index contributed by atoms with van der Waals surface area (Å²) < 4.78 is 89.6. The zero-order valence-corrected chi connectivity index (χ0v) is 9.83. The summed E-state index contributed by atoms with van der Waals surface area (Å²) >= 11 is 0. The molecule has 0 radical (unpaired) electrons. The maximum atomic E-state index is 13.1. The zero-order chi connectivity index (χ0) is 13.9. The molecular weight excluding hydrogens is 278 g/mol. The summed E-state index contributed by atoms with van der Waals surface area (Å²) in [6, 6.07) is 0. The van der Waals surface area contributed by atoms with Crippen LogP contribution in [-0.4, -0.2) is 36.2 Å². The Morgan fingerprint density at radius 3 is 1.59 bits per heavy atom. The van der Waals surface area contributed by atoms with Gasteiger partial charge in [-0.15, -0.1) is 0 Å². The summed E-state index contributed by atoms with van der Waals surface area (Å²) in [6.45, 7) is 2.72. The first-order valence-electron chi connectivity index (χ1n) is 4.55. The molecule has 0 aliphatic carbocycles. The van der Waals surface area contributed by atoms with Crippen molar-refractivity contribution < 1.29 is 35.1 Å². The van der Waals surface area contributed by atoms with Gasteiger partial charge in [0.05, 0.1) is 0 Å². The third-order valence-corrected chi connectivity index (χ3v) is 3.13. The Bertz CT molecular complexity index is 213. The second kappa shape index (κ2) is 6.15. The molecule has 0 amide bonds. The minimum absolute atomic E-state index is 0.0405. The van der Waals surface area contributed by atoms with Crippen LogP contribution in [0.25, 0.3) is 0 Å². The van der Waals surface area contributed by atoms with Gasteiger partial charge in [-0.25, -0.2) is 4.67 Å². The fraction of sp³-hybridized carbons (Fsp3) is 1.00. The van der Waals surface area contributed by atoms with E-state index < -0.39 is 27.1 Å². The van der Waals surface area contributed by atoms with Gasteiger partial charge in [-0.2, -0.15) is 30.5 Å². The molecule has 10 heteroatoms. The first-order valence-corrected chi connectivity index (χ1v) is 5.65. The van der Waals surface area contributed by atoms with Crippen LogP contribution in [0.5, 0.6) is 0 Å². The molecule has 1 atom stereocenters. The van der Waals surface area contributed by atoms with E-state index in [1.165, 1.54) is 13.8 Å². The molecule has 0 N–H and O–H groups in total. The van der Waals surface area contributed by atoms with Gasteiger partial charge in [-0.1, -0.05) is 13.8 Å². The van der Waals surface area contributed by atoms with Gasteiger partial charge in [0.1, 0.15) is 0 Å². The van der Waals surface area contributed by atoms with Crippen LogP contribution >= 0.6 is 8.61 Å². The maximum absolute atomic E-state index is 13.1. The normalized spacial score (nSPS) is 15.7. The summed E-state index contributed by atoms with van der Waals surface area (Å²) in [5, 5.41) is 0. The fourth-order valence-electron chi connectivity index (χ4n) is 0.905. The number of hydrogen-bond donors (Lipinski definition) is 0. The van der Waals surface area contributed by atoms with E-state index >= 15 is 0 Å². The van der Waals surface area contributed by atoms with Crippen LogP contribution in [0.15, 0.2) is 0 Å². The van der Waals surface area contributed by atoms with Gasteiger partial charge < -0.3 is 0 Å². The molecule has 0 rings (SSSR count). The lowest BCUT2D eigenvalue weighted by atomic mass is 10.3. The van der Waals surface area contributed by atoms with Gasteiger partial charge in [0.15, 0.2) is 0 Å². The molecule has 2 nitrogen and oxygen atoms in total. The summed E-state index contributed by atoms with van der Waals surface area (Å²) in [4.78, 5) is 0. The van der Waals surface area contributed by atoms with Crippen LogP contribution in [0.4, 0.5) is 30.5 Å². The van der Waals surface area contributed by atoms with E-state index in [1.807, 2.05) is 0 Å². The van der Waals surface area contributed by atoms with E-state index in [4.69, 9.17) is 0 Å². The molecule has 17 heavy (non-hydrogen) atoms. The highest BCUT2D eigenvalue weighted by atomic mass is 31.2. The van der Waals surface area contributed by atoms with Crippen molar-refractivity contribution in [2.24, 2.45) is 0 Å². The number of halogens is 7. The van der Waals surface area contributed by atoms with Gasteiger partial charge in [0.2, 0.25) is 0 Å². The van der Waals surface area contributed by atoms with Crippen molar-refractivity contribution in [3.8, 4) is 0 Å². The van der Waals surface area contributed by atoms with Gasteiger partial charge in [-0.3, -0.25) is 4.52 Å². The van der Waals surface area contributed by atoms with Crippen molar-refractivity contribution in [3.63, 3.8) is 0 Å². The summed E-state index contributed by atoms with van der Waals surface area (Å²) in [5.74, 6) is 0. The number of alkyl halides is 6. The number of nitrogens with zero attached hydrogens (tertiary/aromatic N) is 1. The lowest BCUT2D eigenvalue weighted by Gasteiger charge is -2.28. The Labute approximate surface area is 94.7 Å².